The van der Waals surface area contributed by atoms with Crippen LogP contribution in [0, 0.1) is 30.1 Å². The Kier molecular flexibility index (Phi) is 4.06. The molecular formula is C25H30N2O2. The van der Waals surface area contributed by atoms with Gasteiger partial charge in [-0.1, -0.05) is 39.0 Å². The van der Waals surface area contributed by atoms with Crippen molar-refractivity contribution in [2.75, 3.05) is 4.90 Å². The summed E-state index contributed by atoms with van der Waals surface area (Å²) in [5, 5.41) is 0. The Morgan fingerprint density at radius 2 is 1.76 bits per heavy atom. The van der Waals surface area contributed by atoms with E-state index in [9.17, 15) is 9.59 Å². The highest BCUT2D eigenvalue weighted by Gasteiger charge is 2.59. The van der Waals surface area contributed by atoms with Crippen LogP contribution >= 0.6 is 0 Å². The van der Waals surface area contributed by atoms with Crippen LogP contribution in [0.5, 0.6) is 0 Å². The van der Waals surface area contributed by atoms with Crippen molar-refractivity contribution in [1.29, 1.82) is 0 Å². The molecule has 1 saturated heterocycles. The molecule has 4 heteroatoms. The van der Waals surface area contributed by atoms with Gasteiger partial charge in [0.15, 0.2) is 0 Å². The Morgan fingerprint density at radius 1 is 1.03 bits per heavy atom. The molecule has 152 valence electrons. The van der Waals surface area contributed by atoms with Crippen LogP contribution in [0.4, 0.5) is 5.69 Å². The number of nitrogens with zero attached hydrogens (tertiary/aromatic N) is 1. The lowest BCUT2D eigenvalue weighted by atomic mass is 9.57. The van der Waals surface area contributed by atoms with Crippen LogP contribution in [0.15, 0.2) is 36.4 Å². The predicted octanol–water partition coefficient (Wildman–Crippen LogP) is 5.16. The number of imide groups is 1. The van der Waals surface area contributed by atoms with Gasteiger partial charge in [0.1, 0.15) is 0 Å². The fourth-order valence-corrected chi connectivity index (χ4v) is 6.22. The number of rotatable bonds is 1. The molecule has 1 aromatic heterocycles. The van der Waals surface area contributed by atoms with E-state index in [2.05, 4.69) is 38.7 Å². The first-order valence-corrected chi connectivity index (χ1v) is 10.9. The van der Waals surface area contributed by atoms with Gasteiger partial charge in [-0.05, 0) is 67.2 Å². The number of para-hydroxylation sites is 1. The van der Waals surface area contributed by atoms with Crippen LogP contribution in [0.3, 0.4) is 0 Å². The number of hydrogen-bond acceptors (Lipinski definition) is 2. The van der Waals surface area contributed by atoms with Crippen molar-refractivity contribution in [2.45, 2.75) is 58.8 Å². The van der Waals surface area contributed by atoms with E-state index in [0.717, 1.165) is 24.1 Å². The van der Waals surface area contributed by atoms with Crippen LogP contribution in [-0.2, 0) is 9.59 Å². The third-order valence-electron chi connectivity index (χ3n) is 7.67. The van der Waals surface area contributed by atoms with Crippen molar-refractivity contribution in [3.05, 3.63) is 53.3 Å². The molecule has 0 radical (unpaired) electrons. The smallest absolute Gasteiger partial charge is 0.242 e. The van der Waals surface area contributed by atoms with Gasteiger partial charge in [-0.15, -0.1) is 0 Å². The first-order chi connectivity index (χ1) is 13.8. The Labute approximate surface area is 172 Å². The Bertz CT molecular complexity index is 968. The fraction of sp³-hybridized carbons (Fsp3) is 0.520. The van der Waals surface area contributed by atoms with Gasteiger partial charge >= 0.3 is 0 Å². The zero-order chi connectivity index (χ0) is 20.5. The number of fused-ring (bicyclic) bond motifs is 6. The van der Waals surface area contributed by atoms with E-state index in [1.165, 1.54) is 17.0 Å². The van der Waals surface area contributed by atoms with E-state index in [-0.39, 0.29) is 35.0 Å². The standard InChI is InChI=1S/C25H30N2O2/c1-14-12-19-21-20(23(28)27(24(21)29)16-8-6-5-7-9-16)18-13-15(25(2,3)4)10-11-17(18)22(19)26-14/h5-9,12,15,17-18,20-21,26H,10-11,13H2,1-4H3/t15?,17-,18+,20+,21-/m1/s1. The number of nitrogens with one attached hydrogen (secondary N) is 1. The van der Waals surface area contributed by atoms with Crippen LogP contribution < -0.4 is 4.90 Å². The summed E-state index contributed by atoms with van der Waals surface area (Å²) in [7, 11) is 0. The van der Waals surface area contributed by atoms with Crippen LogP contribution in [0.2, 0.25) is 0 Å². The largest absolute Gasteiger partial charge is 0.362 e. The number of aromatic amines is 1. The molecule has 2 fully saturated rings. The summed E-state index contributed by atoms with van der Waals surface area (Å²) in [4.78, 5) is 32.3. The Morgan fingerprint density at radius 3 is 2.45 bits per heavy atom. The molecule has 2 aliphatic carbocycles. The predicted molar refractivity (Wildman–Crippen MR) is 114 cm³/mol. The molecule has 5 rings (SSSR count). The summed E-state index contributed by atoms with van der Waals surface area (Å²) in [6.45, 7) is 8.97. The van der Waals surface area contributed by atoms with Gasteiger partial charge in [0.2, 0.25) is 11.8 Å². The van der Waals surface area contributed by atoms with Crippen molar-refractivity contribution < 1.29 is 9.59 Å². The summed E-state index contributed by atoms with van der Waals surface area (Å²) in [5.41, 5.74) is 4.30. The zero-order valence-corrected chi connectivity index (χ0v) is 17.7. The van der Waals surface area contributed by atoms with Gasteiger partial charge in [0, 0.05) is 17.3 Å². The molecule has 0 bridgehead atoms. The minimum Gasteiger partial charge on any atom is -0.362 e. The van der Waals surface area contributed by atoms with Gasteiger partial charge in [0.25, 0.3) is 0 Å². The maximum absolute atomic E-state index is 13.7. The highest BCUT2D eigenvalue weighted by Crippen LogP contribution is 2.58. The summed E-state index contributed by atoms with van der Waals surface area (Å²) in [6, 6.07) is 11.5. The monoisotopic (exact) mass is 390 g/mol. The topological polar surface area (TPSA) is 53.2 Å². The SMILES string of the molecule is Cc1cc2c([nH]1)[C@@H]1CCC(C(C)(C)C)C[C@@H]1[C@@H]1C(=O)N(c3ccccc3)C(=O)[C@H]21. The maximum atomic E-state index is 13.7. The zero-order valence-electron chi connectivity index (χ0n) is 17.7. The third kappa shape index (κ3) is 2.72. The van der Waals surface area contributed by atoms with Crippen LogP contribution in [-0.4, -0.2) is 16.8 Å². The lowest BCUT2D eigenvalue weighted by Crippen LogP contribution is -2.41. The van der Waals surface area contributed by atoms with E-state index in [1.54, 1.807) is 0 Å². The van der Waals surface area contributed by atoms with E-state index < -0.39 is 0 Å². The molecule has 2 aromatic rings. The average molecular weight is 391 g/mol. The van der Waals surface area contributed by atoms with Crippen molar-refractivity contribution in [3.63, 3.8) is 0 Å². The quantitative estimate of drug-likeness (QED) is 0.684. The van der Waals surface area contributed by atoms with Crippen LogP contribution in [0.25, 0.3) is 0 Å². The van der Waals surface area contributed by atoms with E-state index in [4.69, 9.17) is 0 Å². The molecule has 29 heavy (non-hydrogen) atoms. The fourth-order valence-electron chi connectivity index (χ4n) is 6.22. The highest BCUT2D eigenvalue weighted by molar-refractivity contribution is 6.24. The van der Waals surface area contributed by atoms with Gasteiger partial charge in [-0.3, -0.25) is 9.59 Å². The summed E-state index contributed by atoms with van der Waals surface area (Å²) in [5.74, 6) is 0.529. The number of carbonyl (C=O) groups is 2. The van der Waals surface area contributed by atoms with Crippen molar-refractivity contribution in [3.8, 4) is 0 Å². The molecule has 4 nitrogen and oxygen atoms in total. The van der Waals surface area contributed by atoms with E-state index in [0.29, 0.717) is 17.5 Å². The molecule has 1 aromatic carbocycles. The summed E-state index contributed by atoms with van der Waals surface area (Å²) in [6.07, 6.45) is 3.30. The highest BCUT2D eigenvalue weighted by atomic mass is 16.2. The molecule has 1 unspecified atom stereocenters. The number of carbonyl (C=O) groups excluding carboxylic acids is 2. The lowest BCUT2D eigenvalue weighted by Gasteiger charge is -2.46. The number of aryl methyl sites for hydroxylation is 1. The first kappa shape index (κ1) is 18.7. The Balaban J connectivity index is 1.62. The summed E-state index contributed by atoms with van der Waals surface area (Å²) < 4.78 is 0. The van der Waals surface area contributed by atoms with E-state index >= 15 is 0 Å². The lowest BCUT2D eigenvalue weighted by molar-refractivity contribution is -0.123. The van der Waals surface area contributed by atoms with Gasteiger partial charge < -0.3 is 4.98 Å². The minimum absolute atomic E-state index is 0.000243. The second-order valence-electron chi connectivity index (χ2n) is 10.3. The molecule has 5 atom stereocenters. The minimum atomic E-state index is -0.345. The van der Waals surface area contributed by atoms with Crippen molar-refractivity contribution >= 4 is 17.5 Å². The first-order valence-electron chi connectivity index (χ1n) is 10.9. The molecule has 1 N–H and O–H groups in total. The van der Waals surface area contributed by atoms with Gasteiger partial charge in [-0.2, -0.15) is 0 Å². The number of anilines is 1. The molecule has 1 saturated carbocycles. The van der Waals surface area contributed by atoms with Crippen molar-refractivity contribution in [1.82, 2.24) is 4.98 Å². The number of hydrogen-bond donors (Lipinski definition) is 1. The number of amides is 2. The molecule has 3 aliphatic rings. The third-order valence-corrected chi connectivity index (χ3v) is 7.67. The van der Waals surface area contributed by atoms with E-state index in [1.807, 2.05) is 30.3 Å². The maximum Gasteiger partial charge on any atom is 0.242 e. The van der Waals surface area contributed by atoms with Gasteiger partial charge in [-0.25, -0.2) is 4.90 Å². The van der Waals surface area contributed by atoms with Crippen LogP contribution in [0.1, 0.15) is 68.8 Å². The molecule has 2 heterocycles. The normalized spacial score (nSPS) is 31.4. The van der Waals surface area contributed by atoms with Crippen molar-refractivity contribution in [2.24, 2.45) is 23.2 Å². The second kappa shape index (κ2) is 6.32. The molecule has 2 amide bonds. The number of aromatic nitrogens is 1. The second-order valence-corrected chi connectivity index (χ2v) is 10.3. The number of H-pyrrole nitrogens is 1. The molecule has 0 spiro atoms. The van der Waals surface area contributed by atoms with Gasteiger partial charge in [0.05, 0.1) is 17.5 Å². The molecule has 1 aliphatic heterocycles. The molecular weight excluding hydrogens is 360 g/mol. The Hall–Kier alpha value is -2.36. The average Bonchev–Trinajstić information content (AvgIpc) is 3.19. The number of benzene rings is 1. The summed E-state index contributed by atoms with van der Waals surface area (Å²) >= 11 is 0.